The number of carbonyl (C=O) groups is 2. The van der Waals surface area contributed by atoms with E-state index in [1.54, 1.807) is 18.2 Å². The number of amides is 2. The molecule has 5 aliphatic rings. The highest BCUT2D eigenvalue weighted by molar-refractivity contribution is 14.1. The van der Waals surface area contributed by atoms with E-state index in [1.807, 2.05) is 18.7 Å². The summed E-state index contributed by atoms with van der Waals surface area (Å²) in [7, 11) is 1.51. The predicted octanol–water partition coefficient (Wildman–Crippen LogP) is 3.41. The molecule has 0 radical (unpaired) electrons. The highest BCUT2D eigenvalue weighted by atomic mass is 127. The molecule has 42 heavy (non-hydrogen) atoms. The summed E-state index contributed by atoms with van der Waals surface area (Å²) < 4.78 is 12.7. The van der Waals surface area contributed by atoms with Crippen LogP contribution in [0.2, 0.25) is 0 Å². The van der Waals surface area contributed by atoms with Gasteiger partial charge in [-0.15, -0.1) is 0 Å². The zero-order chi connectivity index (χ0) is 30.2. The number of halogens is 1. The largest absolute Gasteiger partial charge is 0.493 e. The van der Waals surface area contributed by atoms with Crippen LogP contribution in [0.4, 0.5) is 0 Å². The van der Waals surface area contributed by atoms with Gasteiger partial charge in [0, 0.05) is 31.0 Å². The van der Waals surface area contributed by atoms with Crippen molar-refractivity contribution in [3.05, 3.63) is 32.9 Å². The third-order valence-electron chi connectivity index (χ3n) is 9.79. The average Bonchev–Trinajstić information content (AvgIpc) is 2.95. The van der Waals surface area contributed by atoms with Gasteiger partial charge in [-0.2, -0.15) is 0 Å². The van der Waals surface area contributed by atoms with Crippen LogP contribution in [0.5, 0.6) is 11.5 Å². The van der Waals surface area contributed by atoms with Crippen LogP contribution in [0.15, 0.2) is 23.8 Å². The Balaban J connectivity index is 1.49. The number of carbonyl (C=O) groups excluding carboxylic acids is 2. The molecule has 0 spiro atoms. The number of aliphatic hydroxyl groups excluding tert-OH is 3. The Morgan fingerprint density at radius 1 is 1.12 bits per heavy atom. The fourth-order valence-electron chi connectivity index (χ4n) is 8.43. The Morgan fingerprint density at radius 3 is 2.31 bits per heavy atom. The van der Waals surface area contributed by atoms with Crippen molar-refractivity contribution in [1.29, 1.82) is 0 Å². The normalized spacial score (nSPS) is 31.6. The molecular weight excluding hydrogens is 651 g/mol. The molecule has 9 nitrogen and oxygen atoms in total. The van der Waals surface area contributed by atoms with Crippen molar-refractivity contribution in [1.82, 2.24) is 10.2 Å². The van der Waals surface area contributed by atoms with Crippen molar-refractivity contribution >= 4 is 34.4 Å². The van der Waals surface area contributed by atoms with Gasteiger partial charge in [0.1, 0.15) is 12.2 Å². The molecule has 4 bridgehead atoms. The predicted molar refractivity (Wildman–Crippen MR) is 166 cm³/mol. The van der Waals surface area contributed by atoms with Crippen molar-refractivity contribution in [2.45, 2.75) is 83.6 Å². The van der Waals surface area contributed by atoms with Crippen molar-refractivity contribution < 1.29 is 34.4 Å². The van der Waals surface area contributed by atoms with Crippen LogP contribution in [-0.2, 0) is 16.2 Å². The maximum atomic E-state index is 13.9. The molecule has 4 saturated carbocycles. The van der Waals surface area contributed by atoms with Gasteiger partial charge in [0.05, 0.1) is 29.9 Å². The van der Waals surface area contributed by atoms with Gasteiger partial charge in [-0.05, 0) is 108 Å². The first-order valence-electron chi connectivity index (χ1n) is 15.3. The van der Waals surface area contributed by atoms with E-state index in [2.05, 4.69) is 27.9 Å². The number of benzene rings is 1. The van der Waals surface area contributed by atoms with Crippen molar-refractivity contribution in [2.24, 2.45) is 29.1 Å². The van der Waals surface area contributed by atoms with E-state index < -0.39 is 18.2 Å². The minimum Gasteiger partial charge on any atom is -0.493 e. The monoisotopic (exact) mass is 696 g/mol. The SMILES string of the molecule is COc1cc(CO)cc(I)c1O[C@H]1C=C(C(=O)NCCO)C[C@@H](N(CC23CC4CC(CC(C4)C2)C3)C(=O)C(C)C)[C@@H]1O. The second kappa shape index (κ2) is 13.0. The molecule has 0 unspecified atom stereocenters. The fraction of sp³-hybridized carbons (Fsp3) is 0.688. The quantitative estimate of drug-likeness (QED) is 0.261. The van der Waals surface area contributed by atoms with Crippen LogP contribution in [-0.4, -0.2) is 77.1 Å². The maximum Gasteiger partial charge on any atom is 0.247 e. The summed E-state index contributed by atoms with van der Waals surface area (Å²) in [5, 5.41) is 33.6. The number of methoxy groups -OCH3 is 1. The molecule has 232 valence electrons. The van der Waals surface area contributed by atoms with E-state index in [9.17, 15) is 24.9 Å². The lowest BCUT2D eigenvalue weighted by Crippen LogP contribution is -2.60. The van der Waals surface area contributed by atoms with Gasteiger partial charge in [0.15, 0.2) is 11.5 Å². The number of nitrogens with one attached hydrogen (secondary N) is 1. The number of aliphatic hydroxyl groups is 3. The molecule has 6 rings (SSSR count). The maximum absolute atomic E-state index is 13.9. The molecular formula is C32H45IN2O7. The molecule has 1 aromatic carbocycles. The second-order valence-corrected chi connectivity index (χ2v) is 14.5. The summed E-state index contributed by atoms with van der Waals surface area (Å²) in [5.41, 5.74) is 1.13. The van der Waals surface area contributed by atoms with Gasteiger partial charge in [-0.1, -0.05) is 13.8 Å². The molecule has 4 N–H and O–H groups in total. The fourth-order valence-corrected chi connectivity index (χ4v) is 9.22. The van der Waals surface area contributed by atoms with E-state index in [1.165, 1.54) is 26.4 Å². The van der Waals surface area contributed by atoms with E-state index in [0.29, 0.717) is 32.8 Å². The van der Waals surface area contributed by atoms with Gasteiger partial charge in [-0.3, -0.25) is 9.59 Å². The van der Waals surface area contributed by atoms with E-state index in [4.69, 9.17) is 9.47 Å². The molecule has 3 atom stereocenters. The summed E-state index contributed by atoms with van der Waals surface area (Å²) in [4.78, 5) is 29.0. The molecule has 1 aromatic rings. The first-order valence-corrected chi connectivity index (χ1v) is 16.4. The highest BCUT2D eigenvalue weighted by Gasteiger charge is 2.53. The number of hydrogen-bond acceptors (Lipinski definition) is 7. The lowest BCUT2D eigenvalue weighted by atomic mass is 9.49. The van der Waals surface area contributed by atoms with Gasteiger partial charge in [-0.25, -0.2) is 0 Å². The molecule has 10 heteroatoms. The Morgan fingerprint density at radius 2 is 1.76 bits per heavy atom. The number of nitrogens with zero attached hydrogens (tertiary/aromatic N) is 1. The summed E-state index contributed by atoms with van der Waals surface area (Å²) in [6.07, 6.45) is 7.06. The highest BCUT2D eigenvalue weighted by Crippen LogP contribution is 2.60. The molecule has 5 aliphatic carbocycles. The standard InChI is InChI=1S/C32H45IN2O7/c1-18(2)31(40)35(17-32-13-19-6-20(14-32)8-21(7-19)15-32)25-11-23(30(39)34-4-5-36)12-26(28(25)38)42-29-24(33)9-22(16-37)10-27(29)41-3/h9-10,12,18-21,25-26,28,36-38H,4-8,11,13-17H2,1-3H3,(H,34,39)/t19?,20?,21?,25-,26+,28+,32?/m1/s1. The van der Waals surface area contributed by atoms with Crippen LogP contribution in [0.25, 0.3) is 0 Å². The summed E-state index contributed by atoms with van der Waals surface area (Å²) in [6, 6.07) is 2.81. The van der Waals surface area contributed by atoms with Crippen molar-refractivity contribution in [3.63, 3.8) is 0 Å². The van der Waals surface area contributed by atoms with E-state index >= 15 is 0 Å². The zero-order valence-electron chi connectivity index (χ0n) is 24.9. The Kier molecular flexibility index (Phi) is 9.76. The van der Waals surface area contributed by atoms with E-state index in [-0.39, 0.29) is 49.3 Å². The van der Waals surface area contributed by atoms with Gasteiger partial charge >= 0.3 is 0 Å². The second-order valence-electron chi connectivity index (χ2n) is 13.3. The number of ether oxygens (including phenoxy) is 2. The topological polar surface area (TPSA) is 129 Å². The Hall–Kier alpha value is -1.89. The molecule has 0 heterocycles. The molecule has 4 fully saturated rings. The summed E-state index contributed by atoms with van der Waals surface area (Å²) in [5.74, 6) is 2.32. The van der Waals surface area contributed by atoms with Crippen LogP contribution in [0.3, 0.4) is 0 Å². The lowest BCUT2D eigenvalue weighted by Gasteiger charge is -2.58. The molecule has 2 amide bonds. The lowest BCUT2D eigenvalue weighted by molar-refractivity contribution is -0.150. The van der Waals surface area contributed by atoms with Crippen LogP contribution in [0, 0.1) is 32.7 Å². The van der Waals surface area contributed by atoms with Crippen LogP contribution < -0.4 is 14.8 Å². The van der Waals surface area contributed by atoms with Crippen LogP contribution >= 0.6 is 22.6 Å². The smallest absolute Gasteiger partial charge is 0.247 e. The summed E-state index contributed by atoms with van der Waals surface area (Å²) >= 11 is 2.10. The molecule has 0 aliphatic heterocycles. The Labute approximate surface area is 262 Å². The third kappa shape index (κ3) is 6.46. The van der Waals surface area contributed by atoms with Gasteiger partial charge < -0.3 is 35.0 Å². The minimum absolute atomic E-state index is 0.0231. The van der Waals surface area contributed by atoms with E-state index in [0.717, 1.165) is 37.0 Å². The molecule has 0 aromatic heterocycles. The van der Waals surface area contributed by atoms with Crippen molar-refractivity contribution in [2.75, 3.05) is 26.8 Å². The first kappa shape index (κ1) is 31.5. The summed E-state index contributed by atoms with van der Waals surface area (Å²) in [6.45, 7) is 4.11. The number of rotatable bonds is 11. The number of hydrogen-bond donors (Lipinski definition) is 4. The molecule has 0 saturated heterocycles. The third-order valence-corrected chi connectivity index (χ3v) is 10.6. The van der Waals surface area contributed by atoms with Gasteiger partial charge in [0.2, 0.25) is 11.8 Å². The van der Waals surface area contributed by atoms with Crippen molar-refractivity contribution in [3.8, 4) is 11.5 Å². The first-order chi connectivity index (χ1) is 20.1. The van der Waals surface area contributed by atoms with Gasteiger partial charge in [0.25, 0.3) is 0 Å². The zero-order valence-corrected chi connectivity index (χ0v) is 27.0. The average molecular weight is 697 g/mol. The van der Waals surface area contributed by atoms with Crippen LogP contribution in [0.1, 0.15) is 64.4 Å². The minimum atomic E-state index is -1.09. The Bertz CT molecular complexity index is 1170.